The fourth-order valence-electron chi connectivity index (χ4n) is 2.42. The number of aliphatic hydroxyl groups excluding tert-OH is 1. The summed E-state index contributed by atoms with van der Waals surface area (Å²) in [6, 6.07) is 5.18. The van der Waals surface area contributed by atoms with Gasteiger partial charge in [0.05, 0.1) is 16.7 Å². The summed E-state index contributed by atoms with van der Waals surface area (Å²) in [6.07, 6.45) is 3.70. The molecule has 0 radical (unpaired) electrons. The first kappa shape index (κ1) is 14.8. The molecule has 2 atom stereocenters. The minimum Gasteiger partial charge on any atom is -0.393 e. The molecule has 0 aromatic heterocycles. The van der Waals surface area contributed by atoms with Gasteiger partial charge in [0.15, 0.2) is 0 Å². The van der Waals surface area contributed by atoms with Crippen LogP contribution < -0.4 is 5.32 Å². The Morgan fingerprint density at radius 3 is 2.84 bits per heavy atom. The van der Waals surface area contributed by atoms with Crippen LogP contribution in [0.4, 0.5) is 0 Å². The second kappa shape index (κ2) is 6.73. The van der Waals surface area contributed by atoms with Crippen molar-refractivity contribution in [1.29, 1.82) is 0 Å². The quantitative estimate of drug-likeness (QED) is 0.881. The highest BCUT2D eigenvalue weighted by atomic mass is 79.9. The highest BCUT2D eigenvalue weighted by molar-refractivity contribution is 9.10. The van der Waals surface area contributed by atoms with E-state index in [-0.39, 0.29) is 17.9 Å². The van der Waals surface area contributed by atoms with Gasteiger partial charge in [0.2, 0.25) is 0 Å². The molecule has 1 saturated carbocycles. The lowest BCUT2D eigenvalue weighted by molar-refractivity contribution is 0.0663. The van der Waals surface area contributed by atoms with Crippen molar-refractivity contribution < 1.29 is 9.90 Å². The molecule has 2 rings (SSSR count). The van der Waals surface area contributed by atoms with Crippen LogP contribution in [0.25, 0.3) is 0 Å². The van der Waals surface area contributed by atoms with Crippen LogP contribution >= 0.6 is 27.5 Å². The van der Waals surface area contributed by atoms with Crippen molar-refractivity contribution in [1.82, 2.24) is 5.32 Å². The molecule has 3 nitrogen and oxygen atoms in total. The van der Waals surface area contributed by atoms with Gasteiger partial charge in [-0.25, -0.2) is 0 Å². The van der Waals surface area contributed by atoms with E-state index in [0.29, 0.717) is 17.1 Å². The monoisotopic (exact) mass is 345 g/mol. The molecule has 19 heavy (non-hydrogen) atoms. The van der Waals surface area contributed by atoms with E-state index in [9.17, 15) is 9.90 Å². The molecule has 2 unspecified atom stereocenters. The number of rotatable bonds is 3. The largest absolute Gasteiger partial charge is 0.393 e. The first-order valence-corrected chi connectivity index (χ1v) is 7.66. The summed E-state index contributed by atoms with van der Waals surface area (Å²) in [4.78, 5) is 12.0. The summed E-state index contributed by atoms with van der Waals surface area (Å²) in [7, 11) is 0. The fraction of sp³-hybridized carbons (Fsp3) is 0.500. The number of amides is 1. The van der Waals surface area contributed by atoms with Gasteiger partial charge >= 0.3 is 0 Å². The Morgan fingerprint density at radius 1 is 1.42 bits per heavy atom. The minimum absolute atomic E-state index is 0.159. The van der Waals surface area contributed by atoms with Crippen LogP contribution in [0.5, 0.6) is 0 Å². The van der Waals surface area contributed by atoms with Gasteiger partial charge in [-0.15, -0.1) is 0 Å². The van der Waals surface area contributed by atoms with Gasteiger partial charge in [-0.05, 0) is 31.0 Å². The number of hydrogen-bond acceptors (Lipinski definition) is 2. The number of aliphatic hydroxyl groups is 1. The standard InChI is InChI=1S/C14H17BrClNO2/c15-10-5-6-11(12(16)7-10)14(19)17-8-9-3-1-2-4-13(9)18/h5-7,9,13,18H,1-4,8H2,(H,17,19). The molecule has 2 N–H and O–H groups in total. The van der Waals surface area contributed by atoms with Crippen LogP contribution in [0.2, 0.25) is 5.02 Å². The molecule has 104 valence electrons. The molecular formula is C14H17BrClNO2. The van der Waals surface area contributed by atoms with Crippen molar-refractivity contribution in [3.05, 3.63) is 33.3 Å². The van der Waals surface area contributed by atoms with Gasteiger partial charge in [0, 0.05) is 16.9 Å². The lowest BCUT2D eigenvalue weighted by Gasteiger charge is -2.27. The third-order valence-corrected chi connectivity index (χ3v) is 4.38. The lowest BCUT2D eigenvalue weighted by atomic mass is 9.86. The molecule has 1 aliphatic carbocycles. The minimum atomic E-state index is -0.297. The molecule has 0 spiro atoms. The first-order valence-electron chi connectivity index (χ1n) is 6.49. The molecule has 1 aliphatic rings. The molecule has 1 fully saturated rings. The Bertz CT molecular complexity index is 467. The van der Waals surface area contributed by atoms with Crippen molar-refractivity contribution >= 4 is 33.4 Å². The fourth-order valence-corrected chi connectivity index (χ4v) is 3.18. The maximum absolute atomic E-state index is 12.0. The molecule has 0 saturated heterocycles. The van der Waals surface area contributed by atoms with E-state index in [1.807, 2.05) is 0 Å². The zero-order chi connectivity index (χ0) is 13.8. The van der Waals surface area contributed by atoms with Gasteiger partial charge < -0.3 is 10.4 Å². The van der Waals surface area contributed by atoms with Gasteiger partial charge in [-0.3, -0.25) is 4.79 Å². The third kappa shape index (κ3) is 3.94. The van der Waals surface area contributed by atoms with Crippen LogP contribution in [-0.4, -0.2) is 23.7 Å². The smallest absolute Gasteiger partial charge is 0.252 e. The summed E-state index contributed by atoms with van der Waals surface area (Å²) in [5.74, 6) is -0.0257. The summed E-state index contributed by atoms with van der Waals surface area (Å²) in [5.41, 5.74) is 0.468. The van der Waals surface area contributed by atoms with Crippen LogP contribution in [-0.2, 0) is 0 Å². The number of benzene rings is 1. The molecule has 0 heterocycles. The second-order valence-electron chi connectivity index (χ2n) is 4.95. The van der Waals surface area contributed by atoms with E-state index in [4.69, 9.17) is 11.6 Å². The van der Waals surface area contributed by atoms with E-state index >= 15 is 0 Å². The molecular weight excluding hydrogens is 330 g/mol. The van der Waals surface area contributed by atoms with Crippen LogP contribution in [0, 0.1) is 5.92 Å². The van der Waals surface area contributed by atoms with E-state index < -0.39 is 0 Å². The summed E-state index contributed by atoms with van der Waals surface area (Å²) in [6.45, 7) is 0.506. The Balaban J connectivity index is 1.93. The van der Waals surface area contributed by atoms with Gasteiger partial charge in [-0.1, -0.05) is 40.4 Å². The molecule has 5 heteroatoms. The number of carbonyl (C=O) groups is 1. The van der Waals surface area contributed by atoms with E-state index in [2.05, 4.69) is 21.2 Å². The van der Waals surface area contributed by atoms with Crippen molar-refractivity contribution in [2.24, 2.45) is 5.92 Å². The van der Waals surface area contributed by atoms with Crippen LogP contribution in [0.15, 0.2) is 22.7 Å². The number of halogens is 2. The number of nitrogens with one attached hydrogen (secondary N) is 1. The van der Waals surface area contributed by atoms with Crippen LogP contribution in [0.1, 0.15) is 36.0 Å². The molecule has 1 amide bonds. The van der Waals surface area contributed by atoms with Crippen molar-refractivity contribution in [3.8, 4) is 0 Å². The Hall–Kier alpha value is -0.580. The van der Waals surface area contributed by atoms with E-state index in [0.717, 1.165) is 30.2 Å². The summed E-state index contributed by atoms with van der Waals surface area (Å²) in [5, 5.41) is 13.1. The van der Waals surface area contributed by atoms with E-state index in [1.54, 1.807) is 18.2 Å². The normalized spacial score (nSPS) is 23.1. The highest BCUT2D eigenvalue weighted by Crippen LogP contribution is 2.24. The topological polar surface area (TPSA) is 49.3 Å². The van der Waals surface area contributed by atoms with Gasteiger partial charge in [0.25, 0.3) is 5.91 Å². The van der Waals surface area contributed by atoms with Crippen LogP contribution in [0.3, 0.4) is 0 Å². The van der Waals surface area contributed by atoms with E-state index in [1.165, 1.54) is 0 Å². The maximum atomic E-state index is 12.0. The third-order valence-electron chi connectivity index (χ3n) is 3.57. The summed E-state index contributed by atoms with van der Waals surface area (Å²) < 4.78 is 0.844. The van der Waals surface area contributed by atoms with Crippen molar-refractivity contribution in [2.75, 3.05) is 6.54 Å². The SMILES string of the molecule is O=C(NCC1CCCCC1O)c1ccc(Br)cc1Cl. The molecule has 1 aromatic rings. The number of hydrogen-bond donors (Lipinski definition) is 2. The zero-order valence-corrected chi connectivity index (χ0v) is 12.9. The average Bonchev–Trinajstić information content (AvgIpc) is 2.37. The zero-order valence-electron chi connectivity index (χ0n) is 10.5. The number of carbonyl (C=O) groups excluding carboxylic acids is 1. The molecule has 0 aliphatic heterocycles. The average molecular weight is 347 g/mol. The predicted molar refractivity (Wildman–Crippen MR) is 79.5 cm³/mol. The highest BCUT2D eigenvalue weighted by Gasteiger charge is 2.23. The lowest BCUT2D eigenvalue weighted by Crippen LogP contribution is -2.36. The Morgan fingerprint density at radius 2 is 2.16 bits per heavy atom. The summed E-state index contributed by atoms with van der Waals surface area (Å²) >= 11 is 9.34. The molecule has 0 bridgehead atoms. The van der Waals surface area contributed by atoms with Gasteiger partial charge in [0.1, 0.15) is 0 Å². The second-order valence-corrected chi connectivity index (χ2v) is 6.27. The Kier molecular flexibility index (Phi) is 5.25. The van der Waals surface area contributed by atoms with Gasteiger partial charge in [-0.2, -0.15) is 0 Å². The molecule has 1 aromatic carbocycles. The predicted octanol–water partition coefficient (Wildman–Crippen LogP) is 3.38. The van der Waals surface area contributed by atoms with Crippen molar-refractivity contribution in [3.63, 3.8) is 0 Å². The Labute approximate surface area is 126 Å². The maximum Gasteiger partial charge on any atom is 0.252 e. The van der Waals surface area contributed by atoms with Crippen molar-refractivity contribution in [2.45, 2.75) is 31.8 Å². The first-order chi connectivity index (χ1) is 9.08.